The van der Waals surface area contributed by atoms with Gasteiger partial charge in [-0.25, -0.2) is 13.1 Å². The van der Waals surface area contributed by atoms with E-state index in [9.17, 15) is 16.8 Å². The summed E-state index contributed by atoms with van der Waals surface area (Å²) in [6.07, 6.45) is 4.25. The summed E-state index contributed by atoms with van der Waals surface area (Å²) in [7, 11) is -7.80. The summed E-state index contributed by atoms with van der Waals surface area (Å²) in [5.41, 5.74) is 2.45. The van der Waals surface area contributed by atoms with Crippen LogP contribution in [0.4, 0.5) is 0 Å². The molecule has 1 aromatic carbocycles. The molecule has 0 saturated carbocycles. The van der Waals surface area contributed by atoms with Gasteiger partial charge in [0.05, 0.1) is 29.4 Å². The summed E-state index contributed by atoms with van der Waals surface area (Å²) in [4.78, 5) is 0.192. The van der Waals surface area contributed by atoms with Crippen molar-refractivity contribution in [2.75, 3.05) is 12.9 Å². The Morgan fingerprint density at radius 2 is 1.65 bits per heavy atom. The zero-order valence-electron chi connectivity index (χ0n) is 19.5. The number of hydrogen-bond acceptors (Lipinski definition) is 6. The van der Waals surface area contributed by atoms with Crippen LogP contribution < -0.4 is 4.72 Å². The third kappa shape index (κ3) is 7.68. The minimum atomic E-state index is -3.97. The average molecular weight is 474 g/mol. The maximum Gasteiger partial charge on any atom is 0.265 e. The van der Waals surface area contributed by atoms with Crippen molar-refractivity contribution >= 4 is 20.1 Å². The van der Waals surface area contributed by atoms with Crippen molar-refractivity contribution in [1.82, 2.24) is 4.72 Å². The molecule has 0 aromatic heterocycles. The van der Waals surface area contributed by atoms with Crippen LogP contribution >= 0.6 is 0 Å². The van der Waals surface area contributed by atoms with E-state index in [2.05, 4.69) is 4.72 Å². The van der Waals surface area contributed by atoms with E-state index >= 15 is 0 Å². The molecule has 7 nitrogen and oxygen atoms in total. The third-order valence-corrected chi connectivity index (χ3v) is 7.31. The second-order valence-electron chi connectivity index (χ2n) is 9.27. The standard InChI is InChI=1S/C22H35NO6S2/c1-15-12-16(2)21(17(3)13-15)31(26,27)23-19(14-28-22(4,5)6)20(29-30(7,24)25)18-10-8-9-11-18/h10,12-13,19-20,23H,8-9,11,14H2,1-7H3/t19-,20-/m0/s1. The smallest absolute Gasteiger partial charge is 0.265 e. The quantitative estimate of drug-likeness (QED) is 0.435. The Morgan fingerprint density at radius 1 is 1.06 bits per heavy atom. The van der Waals surface area contributed by atoms with Gasteiger partial charge in [0.15, 0.2) is 0 Å². The number of aryl methyl sites for hydroxylation is 3. The normalized spacial score (nSPS) is 17.5. The van der Waals surface area contributed by atoms with Crippen LogP contribution in [0.15, 0.2) is 28.7 Å². The lowest BCUT2D eigenvalue weighted by Gasteiger charge is -2.31. The number of ether oxygens (including phenoxy) is 1. The average Bonchev–Trinajstić information content (AvgIpc) is 3.08. The van der Waals surface area contributed by atoms with E-state index in [-0.39, 0.29) is 11.5 Å². The first-order chi connectivity index (χ1) is 14.1. The van der Waals surface area contributed by atoms with E-state index in [1.54, 1.807) is 13.8 Å². The molecule has 0 fully saturated rings. The molecular formula is C22H35NO6S2. The van der Waals surface area contributed by atoms with Gasteiger partial charge in [0, 0.05) is 0 Å². The Bertz CT molecular complexity index is 1010. The van der Waals surface area contributed by atoms with E-state index in [1.807, 2.05) is 45.9 Å². The van der Waals surface area contributed by atoms with E-state index in [4.69, 9.17) is 8.92 Å². The Kier molecular flexibility index (Phi) is 8.14. The van der Waals surface area contributed by atoms with Gasteiger partial charge in [-0.15, -0.1) is 0 Å². The fourth-order valence-corrected chi connectivity index (χ4v) is 6.21. The molecule has 1 aromatic rings. The number of rotatable bonds is 9. The molecule has 1 aliphatic carbocycles. The fourth-order valence-electron chi connectivity index (χ4n) is 3.90. The molecule has 1 N–H and O–H groups in total. The van der Waals surface area contributed by atoms with Crippen LogP contribution in [0, 0.1) is 20.8 Å². The van der Waals surface area contributed by atoms with E-state index < -0.39 is 37.9 Å². The van der Waals surface area contributed by atoms with Gasteiger partial charge in [0.1, 0.15) is 6.10 Å². The first-order valence-corrected chi connectivity index (χ1v) is 13.7. The minimum absolute atomic E-state index is 0.0375. The molecule has 31 heavy (non-hydrogen) atoms. The maximum absolute atomic E-state index is 13.4. The van der Waals surface area contributed by atoms with Crippen LogP contribution in [0.25, 0.3) is 0 Å². The van der Waals surface area contributed by atoms with E-state index in [0.29, 0.717) is 17.5 Å². The summed E-state index contributed by atoms with van der Waals surface area (Å²) in [5.74, 6) is 0. The molecule has 0 amide bonds. The van der Waals surface area contributed by atoms with Crippen molar-refractivity contribution in [3.05, 3.63) is 40.5 Å². The lowest BCUT2D eigenvalue weighted by Crippen LogP contribution is -2.50. The lowest BCUT2D eigenvalue weighted by atomic mass is 10.0. The molecule has 176 valence electrons. The fraction of sp³-hybridized carbons (Fsp3) is 0.636. The molecule has 2 rings (SSSR count). The minimum Gasteiger partial charge on any atom is -0.374 e. The predicted octanol–water partition coefficient (Wildman–Crippen LogP) is 3.53. The molecular weight excluding hydrogens is 438 g/mol. The zero-order valence-corrected chi connectivity index (χ0v) is 21.1. The molecule has 0 radical (unpaired) electrons. The van der Waals surface area contributed by atoms with Crippen molar-refractivity contribution in [2.24, 2.45) is 0 Å². The first kappa shape index (κ1) is 26.0. The van der Waals surface area contributed by atoms with Gasteiger partial charge in [-0.3, -0.25) is 4.18 Å². The Morgan fingerprint density at radius 3 is 2.10 bits per heavy atom. The van der Waals surface area contributed by atoms with Crippen molar-refractivity contribution in [3.8, 4) is 0 Å². The Balaban J connectivity index is 2.49. The summed E-state index contributed by atoms with van der Waals surface area (Å²) < 4.78 is 64.8. The van der Waals surface area contributed by atoms with E-state index in [1.165, 1.54) is 0 Å². The maximum atomic E-state index is 13.4. The van der Waals surface area contributed by atoms with Crippen LogP contribution in [0.1, 0.15) is 56.7 Å². The highest BCUT2D eigenvalue weighted by Gasteiger charge is 2.35. The Hall–Kier alpha value is -1.26. The van der Waals surface area contributed by atoms with Crippen molar-refractivity contribution in [1.29, 1.82) is 0 Å². The number of sulfonamides is 1. The SMILES string of the molecule is Cc1cc(C)c(S(=O)(=O)N[C@@H](COC(C)(C)C)[C@@H](OS(C)(=O)=O)C2=CCCC2)c(C)c1. The summed E-state index contributed by atoms with van der Waals surface area (Å²) in [6.45, 7) is 10.9. The molecule has 0 aliphatic heterocycles. The monoisotopic (exact) mass is 473 g/mol. The van der Waals surface area contributed by atoms with Crippen molar-refractivity contribution in [2.45, 2.75) is 83.4 Å². The van der Waals surface area contributed by atoms with Gasteiger partial charge in [0.2, 0.25) is 10.0 Å². The second kappa shape index (κ2) is 9.70. The molecule has 0 heterocycles. The third-order valence-electron chi connectivity index (χ3n) is 4.96. The van der Waals surface area contributed by atoms with Crippen molar-refractivity contribution in [3.63, 3.8) is 0 Å². The van der Waals surface area contributed by atoms with Gasteiger partial charge in [-0.1, -0.05) is 23.8 Å². The summed E-state index contributed by atoms with van der Waals surface area (Å²) in [5, 5.41) is 0. The van der Waals surface area contributed by atoms with E-state index in [0.717, 1.165) is 30.2 Å². The number of hydrogen-bond donors (Lipinski definition) is 1. The summed E-state index contributed by atoms with van der Waals surface area (Å²) >= 11 is 0. The van der Waals surface area contributed by atoms with Crippen LogP contribution in [-0.4, -0.2) is 47.4 Å². The Labute approximate surface area is 187 Å². The van der Waals surface area contributed by atoms with Crippen LogP contribution in [0.3, 0.4) is 0 Å². The second-order valence-corrected chi connectivity index (χ2v) is 12.5. The largest absolute Gasteiger partial charge is 0.374 e. The number of nitrogens with one attached hydrogen (secondary N) is 1. The van der Waals surface area contributed by atoms with Gasteiger partial charge in [0.25, 0.3) is 10.1 Å². The highest BCUT2D eigenvalue weighted by molar-refractivity contribution is 7.89. The number of allylic oxidation sites excluding steroid dienone is 1. The van der Waals surface area contributed by atoms with Crippen molar-refractivity contribution < 1.29 is 25.8 Å². The topological polar surface area (TPSA) is 98.8 Å². The molecule has 0 unspecified atom stereocenters. The van der Waals surface area contributed by atoms with Gasteiger partial charge < -0.3 is 4.74 Å². The first-order valence-electron chi connectivity index (χ1n) is 10.4. The van der Waals surface area contributed by atoms with Crippen LogP contribution in [0.5, 0.6) is 0 Å². The molecule has 0 bridgehead atoms. The molecule has 2 atom stereocenters. The zero-order chi connectivity index (χ0) is 23.6. The van der Waals surface area contributed by atoms with Gasteiger partial charge >= 0.3 is 0 Å². The van der Waals surface area contributed by atoms with Crippen LogP contribution in [0.2, 0.25) is 0 Å². The highest BCUT2D eigenvalue weighted by atomic mass is 32.2. The summed E-state index contributed by atoms with van der Waals surface area (Å²) in [6, 6.07) is 2.71. The number of benzene rings is 1. The molecule has 0 spiro atoms. The molecule has 0 saturated heterocycles. The highest BCUT2D eigenvalue weighted by Crippen LogP contribution is 2.28. The predicted molar refractivity (Wildman–Crippen MR) is 122 cm³/mol. The van der Waals surface area contributed by atoms with Gasteiger partial charge in [-0.2, -0.15) is 8.42 Å². The molecule has 9 heteroatoms. The lowest BCUT2D eigenvalue weighted by molar-refractivity contribution is -0.0232. The van der Waals surface area contributed by atoms with Crippen LogP contribution in [-0.2, 0) is 29.1 Å². The molecule has 1 aliphatic rings. The van der Waals surface area contributed by atoms with Gasteiger partial charge in [-0.05, 0) is 77.5 Å².